The van der Waals surface area contributed by atoms with Crippen LogP contribution in [-0.4, -0.2) is 39.3 Å². The molecule has 0 amide bonds. The van der Waals surface area contributed by atoms with Crippen molar-refractivity contribution in [1.29, 1.82) is 0 Å². The molecule has 0 saturated heterocycles. The summed E-state index contributed by atoms with van der Waals surface area (Å²) in [6.45, 7) is 2.90. The summed E-state index contributed by atoms with van der Waals surface area (Å²) in [6, 6.07) is 8.59. The number of hydrogen-bond donors (Lipinski definition) is 1. The molecular weight excluding hydrogens is 429 g/mol. The molecule has 1 N–H and O–H groups in total. The van der Waals surface area contributed by atoms with Crippen molar-refractivity contribution in [3.63, 3.8) is 0 Å². The fraction of sp³-hybridized carbons (Fsp3) is 0.278. The Morgan fingerprint density at radius 1 is 1.11 bits per heavy atom. The van der Waals surface area contributed by atoms with E-state index < -0.39 is 22.5 Å². The molecule has 0 unspecified atom stereocenters. The van der Waals surface area contributed by atoms with Gasteiger partial charge in [0.1, 0.15) is 28.0 Å². The number of hydrogen-bond acceptors (Lipinski definition) is 5. The van der Waals surface area contributed by atoms with Gasteiger partial charge in [-0.15, -0.1) is 0 Å². The highest BCUT2D eigenvalue weighted by molar-refractivity contribution is 7.93. The van der Waals surface area contributed by atoms with E-state index in [1.54, 1.807) is 12.1 Å². The number of carboxylic acids is 1. The van der Waals surface area contributed by atoms with E-state index in [9.17, 15) is 18.3 Å². The van der Waals surface area contributed by atoms with Crippen molar-refractivity contribution < 1.29 is 27.8 Å². The van der Waals surface area contributed by atoms with E-state index in [1.807, 2.05) is 13.8 Å². The van der Waals surface area contributed by atoms with Crippen LogP contribution in [0.4, 0.5) is 5.69 Å². The minimum Gasteiger partial charge on any atom is -0.495 e. The fourth-order valence-electron chi connectivity index (χ4n) is 2.39. The number of sulfonamides is 1. The quantitative estimate of drug-likeness (QED) is 0.655. The first-order valence-electron chi connectivity index (χ1n) is 8.11. The van der Waals surface area contributed by atoms with Gasteiger partial charge in [0.2, 0.25) is 0 Å². The van der Waals surface area contributed by atoms with Crippen LogP contribution in [0.1, 0.15) is 13.8 Å². The number of carbonyl (C=O) groups is 1. The molecule has 28 heavy (non-hydrogen) atoms. The predicted octanol–water partition coefficient (Wildman–Crippen LogP) is 4.07. The standard InChI is InChI=1S/C18H19Cl2NO6S/c1-11(2)27-13-6-4-12(5-7-13)21(10-16(22)23)28(24,25)15-9-8-14(26-3)17(19)18(15)20/h4-9,11H,10H2,1-3H3,(H,22,23). The van der Waals surface area contributed by atoms with Crippen LogP contribution in [0.3, 0.4) is 0 Å². The maximum atomic E-state index is 13.2. The number of nitrogens with zero attached hydrogens (tertiary/aromatic N) is 1. The molecular formula is C18H19Cl2NO6S. The molecule has 0 bridgehead atoms. The molecule has 0 saturated carbocycles. The zero-order valence-corrected chi connectivity index (χ0v) is 17.7. The number of methoxy groups -OCH3 is 1. The predicted molar refractivity (Wildman–Crippen MR) is 107 cm³/mol. The van der Waals surface area contributed by atoms with Crippen molar-refractivity contribution in [3.8, 4) is 11.5 Å². The topological polar surface area (TPSA) is 93.1 Å². The van der Waals surface area contributed by atoms with E-state index in [0.29, 0.717) is 5.75 Å². The summed E-state index contributed by atoms with van der Waals surface area (Å²) in [4.78, 5) is 11.0. The third-order valence-electron chi connectivity index (χ3n) is 3.57. The van der Waals surface area contributed by atoms with Crippen molar-refractivity contribution in [2.24, 2.45) is 0 Å². The van der Waals surface area contributed by atoms with Gasteiger partial charge in [0.15, 0.2) is 0 Å². The largest absolute Gasteiger partial charge is 0.495 e. The van der Waals surface area contributed by atoms with Crippen LogP contribution in [0, 0.1) is 0 Å². The molecule has 0 atom stereocenters. The molecule has 152 valence electrons. The number of ether oxygens (including phenoxy) is 2. The molecule has 2 aromatic rings. The van der Waals surface area contributed by atoms with E-state index in [-0.39, 0.29) is 32.5 Å². The summed E-state index contributed by atoms with van der Waals surface area (Å²) in [5.74, 6) is -0.607. The molecule has 10 heteroatoms. The van der Waals surface area contributed by atoms with Crippen molar-refractivity contribution in [1.82, 2.24) is 0 Å². The third-order valence-corrected chi connectivity index (χ3v) is 6.37. The molecule has 0 aliphatic carbocycles. The van der Waals surface area contributed by atoms with Crippen LogP contribution >= 0.6 is 23.2 Å². The minimum atomic E-state index is -4.32. The monoisotopic (exact) mass is 447 g/mol. The molecule has 0 spiro atoms. The molecule has 0 aliphatic heterocycles. The molecule has 0 fully saturated rings. The van der Waals surface area contributed by atoms with E-state index in [2.05, 4.69) is 0 Å². The second kappa shape index (κ2) is 8.89. The van der Waals surface area contributed by atoms with Gasteiger partial charge >= 0.3 is 5.97 Å². The zero-order valence-electron chi connectivity index (χ0n) is 15.3. The van der Waals surface area contributed by atoms with Crippen LogP contribution in [0.2, 0.25) is 10.0 Å². The molecule has 2 rings (SSSR count). The highest BCUT2D eigenvalue weighted by Gasteiger charge is 2.30. The summed E-state index contributed by atoms with van der Waals surface area (Å²) >= 11 is 12.2. The summed E-state index contributed by atoms with van der Waals surface area (Å²) in [7, 11) is -2.96. The summed E-state index contributed by atoms with van der Waals surface area (Å²) in [6.07, 6.45) is -0.0649. The minimum absolute atomic E-state index is 0.0649. The summed E-state index contributed by atoms with van der Waals surface area (Å²) in [5.41, 5.74) is 0.140. The lowest BCUT2D eigenvalue weighted by Gasteiger charge is -2.24. The van der Waals surface area contributed by atoms with E-state index >= 15 is 0 Å². The Hall–Kier alpha value is -2.16. The van der Waals surface area contributed by atoms with Crippen LogP contribution in [0.25, 0.3) is 0 Å². The van der Waals surface area contributed by atoms with Gasteiger partial charge in [-0.05, 0) is 50.2 Å². The van der Waals surface area contributed by atoms with Crippen molar-refractivity contribution >= 4 is 44.9 Å². The van der Waals surface area contributed by atoms with E-state index in [4.69, 9.17) is 32.7 Å². The molecule has 0 aliphatic rings. The van der Waals surface area contributed by atoms with E-state index in [0.717, 1.165) is 4.31 Å². The zero-order chi connectivity index (χ0) is 21.1. The van der Waals surface area contributed by atoms with Crippen molar-refractivity contribution in [2.45, 2.75) is 24.8 Å². The fourth-order valence-corrected chi connectivity index (χ4v) is 4.62. The van der Waals surface area contributed by atoms with E-state index in [1.165, 1.54) is 31.4 Å². The normalized spacial score (nSPS) is 11.4. The van der Waals surface area contributed by atoms with Crippen LogP contribution < -0.4 is 13.8 Å². The van der Waals surface area contributed by atoms with Gasteiger partial charge in [-0.2, -0.15) is 0 Å². The van der Waals surface area contributed by atoms with Crippen molar-refractivity contribution in [3.05, 3.63) is 46.4 Å². The van der Waals surface area contributed by atoms with Crippen LogP contribution in [0.5, 0.6) is 11.5 Å². The first-order valence-corrected chi connectivity index (χ1v) is 10.3. The SMILES string of the molecule is COc1ccc(S(=O)(=O)N(CC(=O)O)c2ccc(OC(C)C)cc2)c(Cl)c1Cl. The Morgan fingerprint density at radius 3 is 2.21 bits per heavy atom. The van der Waals surface area contributed by atoms with Gasteiger partial charge in [0.25, 0.3) is 10.0 Å². The molecule has 0 aromatic heterocycles. The second-order valence-electron chi connectivity index (χ2n) is 5.96. The smallest absolute Gasteiger partial charge is 0.324 e. The van der Waals surface area contributed by atoms with Crippen LogP contribution in [0.15, 0.2) is 41.3 Å². The number of benzene rings is 2. The molecule has 7 nitrogen and oxygen atoms in total. The van der Waals surface area contributed by atoms with Gasteiger partial charge in [-0.1, -0.05) is 23.2 Å². The number of halogens is 2. The van der Waals surface area contributed by atoms with Gasteiger partial charge in [-0.3, -0.25) is 9.10 Å². The first kappa shape index (κ1) is 22.1. The average Bonchev–Trinajstić information content (AvgIpc) is 2.62. The summed E-state index contributed by atoms with van der Waals surface area (Å²) in [5, 5.41) is 8.89. The highest BCUT2D eigenvalue weighted by atomic mass is 35.5. The number of rotatable bonds is 8. The Labute approximate surface area is 173 Å². The Bertz CT molecular complexity index is 961. The Balaban J connectivity index is 2.53. The molecule has 0 heterocycles. The lowest BCUT2D eigenvalue weighted by atomic mass is 10.3. The Morgan fingerprint density at radius 2 is 1.71 bits per heavy atom. The van der Waals surface area contributed by atoms with Gasteiger partial charge < -0.3 is 14.6 Å². The lowest BCUT2D eigenvalue weighted by Crippen LogP contribution is -2.36. The second-order valence-corrected chi connectivity index (χ2v) is 8.55. The number of carboxylic acid groups (broad SMARTS) is 1. The Kier molecular flexibility index (Phi) is 7.03. The summed E-state index contributed by atoms with van der Waals surface area (Å²) < 4.78 is 37.6. The van der Waals surface area contributed by atoms with Crippen molar-refractivity contribution in [2.75, 3.05) is 18.0 Å². The van der Waals surface area contributed by atoms with Crippen LogP contribution in [-0.2, 0) is 14.8 Å². The van der Waals surface area contributed by atoms with Gasteiger partial charge in [0.05, 0.1) is 23.9 Å². The lowest BCUT2D eigenvalue weighted by molar-refractivity contribution is -0.135. The van der Waals surface area contributed by atoms with Gasteiger partial charge in [-0.25, -0.2) is 8.42 Å². The number of aliphatic carboxylic acids is 1. The van der Waals surface area contributed by atoms with Gasteiger partial charge in [0, 0.05) is 0 Å². The maximum absolute atomic E-state index is 13.2. The highest BCUT2D eigenvalue weighted by Crippen LogP contribution is 2.38. The third kappa shape index (κ3) is 4.81. The molecule has 2 aromatic carbocycles. The number of anilines is 1. The average molecular weight is 448 g/mol. The first-order chi connectivity index (χ1) is 13.1. The molecule has 0 radical (unpaired) electrons. The maximum Gasteiger partial charge on any atom is 0.324 e.